The molecule has 364 valence electrons. The molecule has 0 amide bonds. The number of carbonyl (C=O) groups is 4. The van der Waals surface area contributed by atoms with Crippen LogP contribution in [0.4, 0.5) is 0 Å². The van der Waals surface area contributed by atoms with Crippen molar-refractivity contribution in [2.45, 2.75) is 133 Å². The zero-order valence-corrected chi connectivity index (χ0v) is 44.7. The number of hydroxylamine groups is 2. The molecule has 4 rings (SSSR count). The molecule has 0 N–H and O–H groups in total. The Labute approximate surface area is 450 Å². The summed E-state index contributed by atoms with van der Waals surface area (Å²) in [5.74, 6) is -2.34. The summed E-state index contributed by atoms with van der Waals surface area (Å²) in [6.45, 7) is 24.4. The van der Waals surface area contributed by atoms with E-state index in [1.807, 2.05) is 0 Å². The molecular formula is C46H60Gd2N4O14. The van der Waals surface area contributed by atoms with Gasteiger partial charge in [0, 0.05) is 65.2 Å². The number of allylic oxidation sites excluding steroid dienone is 8. The van der Waals surface area contributed by atoms with Crippen molar-refractivity contribution in [2.75, 3.05) is 0 Å². The third kappa shape index (κ3) is 20.7. The first kappa shape index (κ1) is 68.3. The molecule has 0 saturated heterocycles. The molecule has 2 aromatic carbocycles. The second-order valence-electron chi connectivity index (χ2n) is 16.5. The number of nitroso groups, excluding NO2 is 2. The average molecular weight is 1210 g/mol. The van der Waals surface area contributed by atoms with Crippen molar-refractivity contribution in [3.05, 3.63) is 127 Å². The Bertz CT molecular complexity index is 2040. The summed E-state index contributed by atoms with van der Waals surface area (Å²) in [6, 6.07) is 12.2. The molecule has 0 aliphatic carbocycles. The molecule has 66 heavy (non-hydrogen) atoms. The zero-order valence-electron chi connectivity index (χ0n) is 40.1. The van der Waals surface area contributed by atoms with E-state index in [0.29, 0.717) is 19.0 Å². The van der Waals surface area contributed by atoms with Crippen LogP contribution >= 0.6 is 0 Å². The van der Waals surface area contributed by atoms with E-state index in [1.165, 1.54) is 79.7 Å². The third-order valence-electron chi connectivity index (χ3n) is 9.68. The van der Waals surface area contributed by atoms with E-state index < -0.39 is 22.2 Å². The molecule has 0 radical (unpaired) electrons. The third-order valence-corrected chi connectivity index (χ3v) is 9.68. The van der Waals surface area contributed by atoms with E-state index in [4.69, 9.17) is 0 Å². The van der Waals surface area contributed by atoms with Crippen LogP contribution < -0.4 is 30.6 Å². The fourth-order valence-corrected chi connectivity index (χ4v) is 5.10. The molecule has 0 saturated carbocycles. The van der Waals surface area contributed by atoms with E-state index in [2.05, 4.69) is 0 Å². The topological polar surface area (TPSA) is 299 Å². The summed E-state index contributed by atoms with van der Waals surface area (Å²) in [5.41, 5.74) is -3.28. The van der Waals surface area contributed by atoms with Crippen LogP contribution in [0.5, 0.6) is 11.5 Å². The van der Waals surface area contributed by atoms with Crippen LogP contribution in [-0.4, -0.2) is 76.0 Å². The molecular weight excluding hydrogens is 1150 g/mol. The molecule has 18 nitrogen and oxygen atoms in total. The van der Waals surface area contributed by atoms with Crippen molar-refractivity contribution >= 4 is 34.8 Å². The van der Waals surface area contributed by atoms with E-state index in [9.17, 15) is 70.0 Å². The Kier molecular flexibility index (Phi) is 30.4. The van der Waals surface area contributed by atoms with Crippen molar-refractivity contribution < 1.29 is 149 Å². The molecule has 2 aromatic rings. The van der Waals surface area contributed by atoms with Crippen LogP contribution in [0.25, 0.3) is 0 Å². The molecule has 0 aromatic heterocycles. The second kappa shape index (κ2) is 29.4. The van der Waals surface area contributed by atoms with E-state index in [1.54, 1.807) is 79.7 Å². The number of amidine groups is 2. The van der Waals surface area contributed by atoms with Crippen molar-refractivity contribution in [2.24, 2.45) is 0 Å². The maximum atomic E-state index is 12.3. The van der Waals surface area contributed by atoms with E-state index >= 15 is 0 Å². The average Bonchev–Trinajstić information content (AvgIpc) is 3.31. The van der Waals surface area contributed by atoms with Crippen molar-refractivity contribution in [3.8, 4) is 11.5 Å². The summed E-state index contributed by atoms with van der Waals surface area (Å²) in [4.78, 5) is 64.5. The Morgan fingerprint density at radius 3 is 0.742 bits per heavy atom. The largest absolute Gasteiger partial charge is 2.00 e. The number of para-hydroxylation sites is 2. The first-order chi connectivity index (χ1) is 28.9. The van der Waals surface area contributed by atoms with Gasteiger partial charge in [0.1, 0.15) is 20.6 Å². The number of hydrogen-bond acceptors (Lipinski definition) is 14. The van der Waals surface area contributed by atoms with Crippen molar-refractivity contribution in [3.63, 3.8) is 0 Å². The van der Waals surface area contributed by atoms with Gasteiger partial charge in [0.05, 0.1) is 0 Å². The van der Waals surface area contributed by atoms with Crippen LogP contribution in [0, 0.1) is 100 Å². The molecule has 0 fully saturated rings. The molecule has 0 unspecified atom stereocenters. The predicted molar refractivity (Wildman–Crippen MR) is 229 cm³/mol. The molecule has 2 aliphatic heterocycles. The molecule has 20 heteroatoms. The minimum atomic E-state index is -0.896. The van der Waals surface area contributed by atoms with Gasteiger partial charge in [-0.2, -0.15) is 0 Å². The van der Waals surface area contributed by atoms with Gasteiger partial charge in [-0.1, -0.05) is 75.6 Å². The smallest absolute Gasteiger partial charge is 0.876 e. The summed E-state index contributed by atoms with van der Waals surface area (Å²) in [6.07, 6.45) is 4.22. The van der Waals surface area contributed by atoms with Gasteiger partial charge in [0.25, 0.3) is 11.1 Å². The molecule has 2 heterocycles. The van der Waals surface area contributed by atoms with Gasteiger partial charge in [-0.25, -0.2) is 0 Å². The molecule has 0 atom stereocenters. The van der Waals surface area contributed by atoms with Crippen LogP contribution in [0.2, 0.25) is 0 Å². The van der Waals surface area contributed by atoms with Gasteiger partial charge in [0.2, 0.25) is 11.1 Å². The van der Waals surface area contributed by atoms with Gasteiger partial charge in [-0.05, 0) is 64.1 Å². The number of benzene rings is 2. The monoisotopic (exact) mass is 1210 g/mol. The number of rotatable bonds is 6. The van der Waals surface area contributed by atoms with Crippen LogP contribution in [-0.2, 0) is 19.2 Å². The maximum absolute atomic E-state index is 12.3. The number of nitrogens with zero attached hydrogens (tertiary/aromatic N) is 4. The minimum absolute atomic E-state index is 0. The predicted octanol–water partition coefficient (Wildman–Crippen LogP) is 2.09. The standard InChI is InChI=1S/2C13H16N2O3.4C5H8O2.2Gd/c2*1-12(2)13(3,4)15(18)11(14(12)17)9-7-5-6-8-10(9)16;4*1-4(6)3-5(2)7;;/h2*5-8H,1-4H3;4*3,6H,1-2H3;;/q;;;;;;2*+2/p-4/b;;4*4-3-;;. The van der Waals surface area contributed by atoms with Crippen LogP contribution in [0.1, 0.15) is 122 Å². The number of hydrogen-bond donors (Lipinski definition) is 0. The first-order valence-corrected chi connectivity index (χ1v) is 19.5. The normalized spacial score (nSPS) is 16.5. The Hall–Kier alpha value is -4.33. The fraction of sp³-hybridized carbons (Fsp3) is 0.435. The fourth-order valence-electron chi connectivity index (χ4n) is 5.10. The summed E-state index contributed by atoms with van der Waals surface area (Å²) < 4.78 is 2.60. The summed E-state index contributed by atoms with van der Waals surface area (Å²) in [7, 11) is 0. The van der Waals surface area contributed by atoms with Crippen LogP contribution in [0.15, 0.2) is 95.9 Å². The van der Waals surface area contributed by atoms with E-state index in [-0.39, 0.29) is 160 Å². The SMILES string of the molecule is CC(=O)/C=C(/C)[O-].CC(=O)/C=C(/C)[O-].CC(=O)/C=C(/C)[O-].CC(=O)/C=C(/C)[O-].CC1(C)[N+](=O)C(c2ccccc2[O-])=[N+]([O-])C1(C)C.CC1(C)[N+](=O)C(c2ccccc2[O-])=[N+]([O-])C1(C)C.[Gd+2].[Gd+2]. The second-order valence-corrected chi connectivity index (χ2v) is 16.5. The van der Waals surface area contributed by atoms with Crippen molar-refractivity contribution in [1.82, 2.24) is 0 Å². The van der Waals surface area contributed by atoms with Gasteiger partial charge in [-0.3, -0.25) is 19.2 Å². The minimum Gasteiger partial charge on any atom is -0.876 e. The quantitative estimate of drug-likeness (QED) is 0.173. The van der Waals surface area contributed by atoms with Gasteiger partial charge >= 0.3 is 91.6 Å². The molecule has 0 bridgehead atoms. The first-order valence-electron chi connectivity index (χ1n) is 19.5. The van der Waals surface area contributed by atoms with Crippen molar-refractivity contribution in [1.29, 1.82) is 0 Å². The number of ketones is 4. The Morgan fingerprint density at radius 1 is 0.424 bits per heavy atom. The summed E-state index contributed by atoms with van der Waals surface area (Å²) >= 11 is 0. The maximum Gasteiger partial charge on any atom is 2.00 e. The zero-order chi connectivity index (χ0) is 50.9. The van der Waals surface area contributed by atoms with Gasteiger partial charge in [0.15, 0.2) is 23.1 Å². The Morgan fingerprint density at radius 2 is 0.621 bits per heavy atom. The number of carbonyl (C=O) groups excluding carboxylic acids is 4. The van der Waals surface area contributed by atoms with Crippen LogP contribution in [0.3, 0.4) is 0 Å². The molecule has 2 aliphatic rings. The Balaban J connectivity index is -0.000000372. The van der Waals surface area contributed by atoms with Gasteiger partial charge < -0.3 is 41.1 Å². The van der Waals surface area contributed by atoms with E-state index in [0.717, 1.165) is 24.3 Å². The molecule has 0 spiro atoms. The van der Waals surface area contributed by atoms with Gasteiger partial charge in [-0.15, -0.1) is 32.5 Å². The summed E-state index contributed by atoms with van der Waals surface area (Å²) in [5, 5.41) is 88.1.